The van der Waals surface area contributed by atoms with Gasteiger partial charge in [0.05, 0.1) is 19.1 Å². The van der Waals surface area contributed by atoms with E-state index in [-0.39, 0.29) is 10.5 Å². The molecule has 130 valence electrons. The topological polar surface area (TPSA) is 82.8 Å². The Morgan fingerprint density at radius 3 is 2.28 bits per heavy atom. The van der Waals surface area contributed by atoms with Gasteiger partial charge in [-0.3, -0.25) is 0 Å². The largest absolute Gasteiger partial charge is 0.497 e. The van der Waals surface area contributed by atoms with Crippen LogP contribution in [0.2, 0.25) is 0 Å². The van der Waals surface area contributed by atoms with Gasteiger partial charge in [-0.15, -0.1) is 0 Å². The summed E-state index contributed by atoms with van der Waals surface area (Å²) in [6.07, 6.45) is 0. The maximum atomic E-state index is 12.8. The first-order valence-corrected chi connectivity index (χ1v) is 9.35. The quantitative estimate of drug-likeness (QED) is 0.596. The SMILES string of the molecule is COc1ccc(S(=O)(=O)c2cc3cc(Br)cc(OC)c3oc2=O)cc1. The molecule has 25 heavy (non-hydrogen) atoms. The second kappa shape index (κ2) is 6.53. The van der Waals surface area contributed by atoms with Crippen molar-refractivity contribution in [1.82, 2.24) is 0 Å². The van der Waals surface area contributed by atoms with E-state index in [0.717, 1.165) is 0 Å². The molecule has 0 amide bonds. The van der Waals surface area contributed by atoms with Crippen LogP contribution in [-0.4, -0.2) is 22.6 Å². The number of hydrogen-bond donors (Lipinski definition) is 0. The lowest BCUT2D eigenvalue weighted by Gasteiger charge is -2.08. The minimum absolute atomic E-state index is 0.0260. The summed E-state index contributed by atoms with van der Waals surface area (Å²) >= 11 is 3.32. The van der Waals surface area contributed by atoms with Crippen molar-refractivity contribution in [3.8, 4) is 11.5 Å². The molecular weight excluding hydrogens is 412 g/mol. The molecule has 0 N–H and O–H groups in total. The third kappa shape index (κ3) is 3.14. The Morgan fingerprint density at radius 1 is 1.00 bits per heavy atom. The third-order valence-corrected chi connectivity index (χ3v) is 5.82. The van der Waals surface area contributed by atoms with E-state index in [1.165, 1.54) is 44.6 Å². The number of methoxy groups -OCH3 is 2. The Morgan fingerprint density at radius 2 is 1.68 bits per heavy atom. The zero-order valence-corrected chi connectivity index (χ0v) is 15.7. The summed E-state index contributed by atoms with van der Waals surface area (Å²) in [7, 11) is -1.12. The number of ether oxygens (including phenoxy) is 2. The normalized spacial score (nSPS) is 11.5. The van der Waals surface area contributed by atoms with Crippen LogP contribution in [-0.2, 0) is 9.84 Å². The van der Waals surface area contributed by atoms with E-state index in [2.05, 4.69) is 15.9 Å². The van der Waals surface area contributed by atoms with Crippen LogP contribution in [0.1, 0.15) is 0 Å². The molecule has 1 heterocycles. The van der Waals surface area contributed by atoms with Gasteiger partial charge in [-0.2, -0.15) is 0 Å². The Hall–Kier alpha value is -2.32. The molecule has 3 aromatic rings. The van der Waals surface area contributed by atoms with E-state index < -0.39 is 20.4 Å². The monoisotopic (exact) mass is 424 g/mol. The van der Waals surface area contributed by atoms with Crippen LogP contribution in [0.15, 0.2) is 65.9 Å². The number of sulfone groups is 1. The highest BCUT2D eigenvalue weighted by atomic mass is 79.9. The summed E-state index contributed by atoms with van der Waals surface area (Å²) in [5.74, 6) is 0.841. The zero-order chi connectivity index (χ0) is 18.2. The summed E-state index contributed by atoms with van der Waals surface area (Å²) in [6, 6.07) is 10.3. The Bertz CT molecular complexity index is 1100. The third-order valence-electron chi connectivity index (χ3n) is 3.61. The Labute approximate surface area is 152 Å². The molecule has 0 aliphatic heterocycles. The highest BCUT2D eigenvalue weighted by Crippen LogP contribution is 2.31. The molecule has 0 bridgehead atoms. The fourth-order valence-electron chi connectivity index (χ4n) is 2.37. The van der Waals surface area contributed by atoms with Gasteiger partial charge in [0.1, 0.15) is 5.75 Å². The van der Waals surface area contributed by atoms with Gasteiger partial charge >= 0.3 is 5.63 Å². The molecule has 0 aliphatic rings. The first-order valence-electron chi connectivity index (χ1n) is 7.07. The molecule has 0 saturated carbocycles. The average Bonchev–Trinajstić information content (AvgIpc) is 2.60. The van der Waals surface area contributed by atoms with Crippen molar-refractivity contribution in [2.75, 3.05) is 14.2 Å². The molecular formula is C17H13BrO6S. The van der Waals surface area contributed by atoms with E-state index in [1.54, 1.807) is 12.1 Å². The molecule has 0 spiro atoms. The molecule has 6 nitrogen and oxygen atoms in total. The van der Waals surface area contributed by atoms with Crippen LogP contribution in [0.3, 0.4) is 0 Å². The standard InChI is InChI=1S/C17H13BrO6S/c1-22-12-3-5-13(6-4-12)25(20,21)15-8-10-7-11(18)9-14(23-2)16(10)24-17(15)19/h3-9H,1-2H3. The van der Waals surface area contributed by atoms with Gasteiger partial charge in [-0.05, 0) is 42.5 Å². The summed E-state index contributed by atoms with van der Waals surface area (Å²) in [5.41, 5.74) is -0.770. The smallest absolute Gasteiger partial charge is 0.355 e. The van der Waals surface area contributed by atoms with Gasteiger partial charge in [0.15, 0.2) is 16.2 Å². The highest BCUT2D eigenvalue weighted by Gasteiger charge is 2.24. The van der Waals surface area contributed by atoms with Crippen LogP contribution < -0.4 is 15.1 Å². The summed E-state index contributed by atoms with van der Waals surface area (Å²) < 4.78 is 41.7. The molecule has 0 aliphatic carbocycles. The molecule has 1 aromatic heterocycles. The van der Waals surface area contributed by atoms with Crippen molar-refractivity contribution in [2.24, 2.45) is 0 Å². The first-order chi connectivity index (χ1) is 11.9. The number of hydrogen-bond acceptors (Lipinski definition) is 6. The summed E-state index contributed by atoms with van der Waals surface area (Å²) in [4.78, 5) is 11.8. The molecule has 0 unspecified atom stereocenters. The maximum absolute atomic E-state index is 12.8. The van der Waals surface area contributed by atoms with Crippen LogP contribution in [0, 0.1) is 0 Å². The minimum Gasteiger partial charge on any atom is -0.497 e. The Kier molecular flexibility index (Phi) is 4.57. The van der Waals surface area contributed by atoms with Gasteiger partial charge in [0.25, 0.3) is 0 Å². The average molecular weight is 425 g/mol. The minimum atomic E-state index is -4.04. The Balaban J connectivity index is 2.23. The van der Waals surface area contributed by atoms with Crippen molar-refractivity contribution in [1.29, 1.82) is 0 Å². The fourth-order valence-corrected chi connectivity index (χ4v) is 4.12. The van der Waals surface area contributed by atoms with E-state index in [4.69, 9.17) is 13.9 Å². The van der Waals surface area contributed by atoms with Crippen LogP contribution in [0.25, 0.3) is 11.0 Å². The van der Waals surface area contributed by atoms with Crippen molar-refractivity contribution >= 4 is 36.7 Å². The van der Waals surface area contributed by atoms with Crippen molar-refractivity contribution in [3.63, 3.8) is 0 Å². The first kappa shape index (κ1) is 17.5. The van der Waals surface area contributed by atoms with E-state index in [0.29, 0.717) is 21.4 Å². The zero-order valence-electron chi connectivity index (χ0n) is 13.3. The van der Waals surface area contributed by atoms with Gasteiger partial charge in [0, 0.05) is 9.86 Å². The van der Waals surface area contributed by atoms with E-state index >= 15 is 0 Å². The number of benzene rings is 2. The van der Waals surface area contributed by atoms with Crippen molar-refractivity contribution in [2.45, 2.75) is 9.79 Å². The summed E-state index contributed by atoms with van der Waals surface area (Å²) in [6.45, 7) is 0. The predicted octanol–water partition coefficient (Wildman–Crippen LogP) is 3.41. The number of halogens is 1. The number of rotatable bonds is 4. The van der Waals surface area contributed by atoms with Gasteiger partial charge in [-0.25, -0.2) is 13.2 Å². The van der Waals surface area contributed by atoms with Gasteiger partial charge < -0.3 is 13.9 Å². The second-order valence-corrected chi connectivity index (χ2v) is 7.94. The summed E-state index contributed by atoms with van der Waals surface area (Å²) in [5, 5.41) is 0.429. The van der Waals surface area contributed by atoms with Gasteiger partial charge in [0.2, 0.25) is 9.84 Å². The number of fused-ring (bicyclic) bond motifs is 1. The predicted molar refractivity (Wildman–Crippen MR) is 95.2 cm³/mol. The lowest BCUT2D eigenvalue weighted by molar-refractivity contribution is 0.405. The highest BCUT2D eigenvalue weighted by molar-refractivity contribution is 9.10. The lowest BCUT2D eigenvalue weighted by atomic mass is 10.2. The van der Waals surface area contributed by atoms with E-state index in [9.17, 15) is 13.2 Å². The van der Waals surface area contributed by atoms with Crippen LogP contribution in [0.4, 0.5) is 0 Å². The lowest BCUT2D eigenvalue weighted by Crippen LogP contribution is -2.14. The van der Waals surface area contributed by atoms with Crippen LogP contribution >= 0.6 is 15.9 Å². The van der Waals surface area contributed by atoms with E-state index in [1.807, 2.05) is 0 Å². The fraction of sp³-hybridized carbons (Fsp3) is 0.118. The molecule has 2 aromatic carbocycles. The van der Waals surface area contributed by atoms with Crippen molar-refractivity contribution < 1.29 is 22.3 Å². The van der Waals surface area contributed by atoms with Crippen LogP contribution in [0.5, 0.6) is 11.5 Å². The van der Waals surface area contributed by atoms with Crippen molar-refractivity contribution in [3.05, 3.63) is 57.4 Å². The molecule has 8 heteroatoms. The van der Waals surface area contributed by atoms with Gasteiger partial charge in [-0.1, -0.05) is 15.9 Å². The molecule has 3 rings (SSSR count). The molecule has 0 saturated heterocycles. The maximum Gasteiger partial charge on any atom is 0.355 e. The second-order valence-electron chi connectivity index (χ2n) is 5.10. The molecule has 0 atom stereocenters. The molecule has 0 fully saturated rings. The molecule has 0 radical (unpaired) electrons.